The Balaban J connectivity index is 1.38. The van der Waals surface area contributed by atoms with Crippen LogP contribution in [0.25, 0.3) is 75.4 Å². The predicted molar refractivity (Wildman–Crippen MR) is 165 cm³/mol. The van der Waals surface area contributed by atoms with E-state index in [0.717, 1.165) is 0 Å². The highest BCUT2D eigenvalue weighted by Gasteiger charge is 2.15. The Morgan fingerprint density at radius 1 is 0.421 bits per heavy atom. The molecule has 0 amide bonds. The van der Waals surface area contributed by atoms with Crippen molar-refractivity contribution in [3.05, 3.63) is 133 Å². The molecule has 0 spiro atoms. The van der Waals surface area contributed by atoms with Crippen molar-refractivity contribution in [2.75, 3.05) is 0 Å². The van der Waals surface area contributed by atoms with Gasteiger partial charge in [0.05, 0.1) is 5.52 Å². The third-order valence-corrected chi connectivity index (χ3v) is 8.83. The molecule has 0 atom stereocenters. The quantitative estimate of drug-likeness (QED) is 0.248. The molecule has 38 heavy (non-hydrogen) atoms. The monoisotopic (exact) mass is 501 g/mol. The van der Waals surface area contributed by atoms with Crippen LogP contribution in [0.4, 0.5) is 0 Å². The number of hydrogen-bond donors (Lipinski definition) is 1. The van der Waals surface area contributed by atoms with Crippen LogP contribution in [0.5, 0.6) is 0 Å². The van der Waals surface area contributed by atoms with E-state index in [0.29, 0.717) is 0 Å². The Bertz CT molecular complexity index is 2130. The van der Waals surface area contributed by atoms with E-state index >= 15 is 0 Å². The molecule has 0 unspecified atom stereocenters. The smallest absolute Gasteiger partial charge is 0.0544 e. The summed E-state index contributed by atoms with van der Waals surface area (Å²) in [6.45, 7) is 0. The minimum atomic E-state index is 1.17. The summed E-state index contributed by atoms with van der Waals surface area (Å²) >= 11 is 1.88. The second kappa shape index (κ2) is 8.44. The first-order chi connectivity index (χ1) is 18.8. The molecule has 2 heteroatoms. The summed E-state index contributed by atoms with van der Waals surface area (Å²) < 4.78 is 2.68. The van der Waals surface area contributed by atoms with Gasteiger partial charge < -0.3 is 4.98 Å². The average Bonchev–Trinajstić information content (AvgIpc) is 3.56. The molecule has 0 saturated carbocycles. The summed E-state index contributed by atoms with van der Waals surface area (Å²) in [7, 11) is 0. The van der Waals surface area contributed by atoms with Crippen molar-refractivity contribution in [1.82, 2.24) is 4.98 Å². The van der Waals surface area contributed by atoms with Crippen LogP contribution < -0.4 is 0 Å². The lowest BCUT2D eigenvalue weighted by atomic mass is 9.93. The van der Waals surface area contributed by atoms with Crippen LogP contribution in [0.1, 0.15) is 0 Å². The molecular weight excluding hydrogens is 478 g/mol. The Hall–Kier alpha value is -4.66. The number of thiophene rings is 1. The van der Waals surface area contributed by atoms with E-state index in [4.69, 9.17) is 0 Å². The van der Waals surface area contributed by atoms with Crippen LogP contribution in [-0.2, 0) is 0 Å². The van der Waals surface area contributed by atoms with Crippen LogP contribution in [-0.4, -0.2) is 4.98 Å². The molecule has 2 heterocycles. The average molecular weight is 502 g/mol. The minimum absolute atomic E-state index is 1.17. The number of nitrogens with one attached hydrogen (secondary N) is 1. The van der Waals surface area contributed by atoms with Crippen LogP contribution >= 0.6 is 11.3 Å². The Labute approximate surface area is 224 Å². The maximum Gasteiger partial charge on any atom is 0.0544 e. The third-order valence-electron chi connectivity index (χ3n) is 7.61. The molecule has 2 aromatic heterocycles. The first kappa shape index (κ1) is 21.4. The lowest BCUT2D eigenvalue weighted by Gasteiger charge is -2.11. The van der Waals surface area contributed by atoms with Gasteiger partial charge >= 0.3 is 0 Å². The number of rotatable bonds is 3. The van der Waals surface area contributed by atoms with E-state index in [-0.39, 0.29) is 0 Å². The number of benzene rings is 6. The van der Waals surface area contributed by atoms with Gasteiger partial charge in [0.2, 0.25) is 0 Å². The molecular formula is C36H23NS. The summed E-state index contributed by atoms with van der Waals surface area (Å²) in [4.78, 5) is 3.73. The van der Waals surface area contributed by atoms with Crippen LogP contribution in [0, 0.1) is 0 Å². The normalized spacial score (nSPS) is 11.7. The zero-order chi connectivity index (χ0) is 25.1. The van der Waals surface area contributed by atoms with Crippen LogP contribution in [0.2, 0.25) is 0 Å². The minimum Gasteiger partial charge on any atom is -0.354 e. The largest absolute Gasteiger partial charge is 0.354 e. The van der Waals surface area contributed by atoms with Crippen molar-refractivity contribution in [2.24, 2.45) is 0 Å². The number of hydrogen-bond acceptors (Lipinski definition) is 1. The van der Waals surface area contributed by atoms with Gasteiger partial charge in [0, 0.05) is 42.0 Å². The summed E-state index contributed by atoms with van der Waals surface area (Å²) in [5.41, 5.74) is 9.79. The fourth-order valence-corrected chi connectivity index (χ4v) is 7.04. The molecule has 0 aliphatic heterocycles. The molecule has 6 aromatic carbocycles. The Morgan fingerprint density at radius 3 is 2.00 bits per heavy atom. The topological polar surface area (TPSA) is 15.8 Å². The zero-order valence-corrected chi connectivity index (χ0v) is 21.4. The highest BCUT2D eigenvalue weighted by atomic mass is 32.1. The fraction of sp³-hybridized carbons (Fsp3) is 0. The van der Waals surface area contributed by atoms with Crippen LogP contribution in [0.3, 0.4) is 0 Å². The number of aromatic nitrogens is 1. The molecule has 1 nitrogen and oxygen atoms in total. The lowest BCUT2D eigenvalue weighted by molar-refractivity contribution is 1.53. The highest BCUT2D eigenvalue weighted by molar-refractivity contribution is 7.26. The Kier molecular flexibility index (Phi) is 4.76. The molecule has 178 valence electrons. The predicted octanol–water partition coefficient (Wildman–Crippen LogP) is 10.7. The van der Waals surface area contributed by atoms with Crippen molar-refractivity contribution in [3.63, 3.8) is 0 Å². The molecule has 8 aromatic rings. The third kappa shape index (κ3) is 3.31. The summed E-state index contributed by atoms with van der Waals surface area (Å²) in [5, 5.41) is 5.18. The van der Waals surface area contributed by atoms with Gasteiger partial charge in [-0.15, -0.1) is 11.3 Å². The molecule has 0 bridgehead atoms. The fourth-order valence-electron chi connectivity index (χ4n) is 5.80. The maximum absolute atomic E-state index is 3.73. The highest BCUT2D eigenvalue weighted by Crippen LogP contribution is 2.42. The van der Waals surface area contributed by atoms with Crippen molar-refractivity contribution in [2.45, 2.75) is 0 Å². The number of fused-ring (bicyclic) bond motifs is 6. The van der Waals surface area contributed by atoms with E-state index in [9.17, 15) is 0 Å². The van der Waals surface area contributed by atoms with Gasteiger partial charge in [-0.05, 0) is 58.1 Å². The van der Waals surface area contributed by atoms with Crippen molar-refractivity contribution in [1.29, 1.82) is 0 Å². The first-order valence-electron chi connectivity index (χ1n) is 12.9. The SMILES string of the molecule is c1ccc(-c2cc(-c3cccc(-c4cccc5c4sc4ccccc45)c3)c3[nH]c4ccccc4c3c2)cc1. The van der Waals surface area contributed by atoms with Gasteiger partial charge in [-0.3, -0.25) is 0 Å². The molecule has 0 radical (unpaired) electrons. The van der Waals surface area contributed by atoms with Crippen molar-refractivity contribution < 1.29 is 0 Å². The summed E-state index contributed by atoms with van der Waals surface area (Å²) in [6, 6.07) is 48.4. The van der Waals surface area contributed by atoms with Gasteiger partial charge in [-0.2, -0.15) is 0 Å². The number of para-hydroxylation sites is 1. The van der Waals surface area contributed by atoms with Crippen molar-refractivity contribution in [3.8, 4) is 33.4 Å². The first-order valence-corrected chi connectivity index (χ1v) is 13.8. The van der Waals surface area contributed by atoms with Gasteiger partial charge in [0.1, 0.15) is 0 Å². The van der Waals surface area contributed by atoms with Gasteiger partial charge in [0.25, 0.3) is 0 Å². The summed E-state index contributed by atoms with van der Waals surface area (Å²) in [6.07, 6.45) is 0. The lowest BCUT2D eigenvalue weighted by Crippen LogP contribution is -1.86. The van der Waals surface area contributed by atoms with E-state index in [1.54, 1.807) is 0 Å². The second-order valence-corrected chi connectivity index (χ2v) is 10.9. The van der Waals surface area contributed by atoms with E-state index in [1.807, 2.05) is 11.3 Å². The molecule has 0 aliphatic rings. The number of aromatic amines is 1. The molecule has 0 aliphatic carbocycles. The van der Waals surface area contributed by atoms with Gasteiger partial charge in [0.15, 0.2) is 0 Å². The van der Waals surface area contributed by atoms with E-state index < -0.39 is 0 Å². The molecule has 0 saturated heterocycles. The molecule has 1 N–H and O–H groups in total. The molecule has 8 rings (SSSR count). The maximum atomic E-state index is 3.73. The number of H-pyrrole nitrogens is 1. The zero-order valence-electron chi connectivity index (χ0n) is 20.6. The van der Waals surface area contributed by atoms with E-state index in [1.165, 1.54) is 75.4 Å². The second-order valence-electron chi connectivity index (χ2n) is 9.84. The Morgan fingerprint density at radius 2 is 1.11 bits per heavy atom. The van der Waals surface area contributed by atoms with Crippen LogP contribution in [0.15, 0.2) is 133 Å². The van der Waals surface area contributed by atoms with Gasteiger partial charge in [-0.1, -0.05) is 103 Å². The molecule has 0 fully saturated rings. The van der Waals surface area contributed by atoms with Gasteiger partial charge in [-0.25, -0.2) is 0 Å². The standard InChI is InChI=1S/C36H23NS/c1-2-10-23(11-3-1)26-21-31(35-32(22-26)28-14-4-6-18-33(28)37-35)25-13-8-12-24(20-25)27-16-9-17-30-29-15-5-7-19-34(29)38-36(27)30/h1-22,37H. The summed E-state index contributed by atoms with van der Waals surface area (Å²) in [5.74, 6) is 0. The van der Waals surface area contributed by atoms with Crippen molar-refractivity contribution >= 4 is 53.3 Å². The van der Waals surface area contributed by atoms with E-state index in [2.05, 4.69) is 138 Å².